The summed E-state index contributed by atoms with van der Waals surface area (Å²) in [7, 11) is -8.37. The third kappa shape index (κ3) is 5.79. The molecule has 0 spiro atoms. The average molecular weight is 603 g/mol. The van der Waals surface area contributed by atoms with Gasteiger partial charge in [0.1, 0.15) is 11.4 Å². The molecule has 0 radical (unpaired) electrons. The lowest BCUT2D eigenvalue weighted by Gasteiger charge is -2.09. The molecule has 32 heavy (non-hydrogen) atoms. The number of pyridine rings is 1. The number of amides is 2. The quantitative estimate of drug-likeness (QED) is 0.442. The minimum Gasteiger partial charge on any atom is -0.266 e. The number of sulfonamides is 2. The maximum absolute atomic E-state index is 12.4. The number of carbonyl (C=O) groups excluding carboxylic acids is 2. The second-order valence-electron chi connectivity index (χ2n) is 6.19. The number of nitrogens with zero attached hydrogens (tertiary/aromatic N) is 1. The fourth-order valence-electron chi connectivity index (χ4n) is 2.38. The van der Waals surface area contributed by atoms with Gasteiger partial charge in [0.05, 0.1) is 9.79 Å². The van der Waals surface area contributed by atoms with Crippen LogP contribution in [-0.4, -0.2) is 33.6 Å². The molecular formula is C19H13Br2N3O6S2. The number of hydrogen-bond acceptors (Lipinski definition) is 7. The smallest absolute Gasteiger partial charge is 0.266 e. The molecule has 2 N–H and O–H groups in total. The van der Waals surface area contributed by atoms with Crippen molar-refractivity contribution < 1.29 is 26.4 Å². The molecule has 2 amide bonds. The van der Waals surface area contributed by atoms with Crippen molar-refractivity contribution in [3.8, 4) is 0 Å². The summed E-state index contributed by atoms with van der Waals surface area (Å²) in [4.78, 5) is 28.3. The van der Waals surface area contributed by atoms with Crippen LogP contribution in [0.1, 0.15) is 21.0 Å². The molecule has 166 valence electrons. The van der Waals surface area contributed by atoms with E-state index in [0.29, 0.717) is 8.95 Å². The number of hydrogen-bond donors (Lipinski definition) is 2. The number of aromatic nitrogens is 1. The molecule has 0 aliphatic heterocycles. The lowest BCUT2D eigenvalue weighted by atomic mass is 10.3. The molecule has 0 saturated carbocycles. The van der Waals surface area contributed by atoms with Crippen LogP contribution in [-0.2, 0) is 20.0 Å². The fourth-order valence-corrected chi connectivity index (χ4v) is 4.83. The zero-order valence-corrected chi connectivity index (χ0v) is 20.6. The Bertz CT molecular complexity index is 1290. The fraction of sp³-hybridized carbons (Fsp3) is 0. The highest BCUT2D eigenvalue weighted by Gasteiger charge is 2.23. The molecule has 0 atom stereocenters. The minimum atomic E-state index is -4.19. The molecule has 0 fully saturated rings. The Labute approximate surface area is 200 Å². The van der Waals surface area contributed by atoms with Crippen molar-refractivity contribution in [3.05, 3.63) is 87.1 Å². The molecule has 0 aliphatic rings. The summed E-state index contributed by atoms with van der Waals surface area (Å²) in [5.74, 6) is -2.17. The van der Waals surface area contributed by atoms with E-state index in [1.54, 1.807) is 0 Å². The first-order chi connectivity index (χ1) is 15.0. The number of halogens is 2. The van der Waals surface area contributed by atoms with Gasteiger partial charge < -0.3 is 0 Å². The molecule has 3 rings (SSSR count). The lowest BCUT2D eigenvalue weighted by Crippen LogP contribution is -2.33. The third-order valence-corrected chi connectivity index (χ3v) is 7.67. The average Bonchev–Trinajstić information content (AvgIpc) is 2.74. The number of rotatable bonds is 6. The minimum absolute atomic E-state index is 0.150. The molecule has 0 saturated heterocycles. The van der Waals surface area contributed by atoms with Crippen LogP contribution in [0.5, 0.6) is 0 Å². The molecule has 13 heteroatoms. The van der Waals surface area contributed by atoms with Gasteiger partial charge in [0, 0.05) is 8.95 Å². The summed E-state index contributed by atoms with van der Waals surface area (Å²) in [6, 6.07) is 14.8. The highest BCUT2D eigenvalue weighted by molar-refractivity contribution is 9.10. The van der Waals surface area contributed by atoms with E-state index in [-0.39, 0.29) is 21.2 Å². The van der Waals surface area contributed by atoms with Crippen molar-refractivity contribution in [2.24, 2.45) is 0 Å². The second-order valence-corrected chi connectivity index (χ2v) is 11.4. The highest BCUT2D eigenvalue weighted by Crippen LogP contribution is 2.16. The van der Waals surface area contributed by atoms with Gasteiger partial charge in [-0.3, -0.25) is 9.59 Å². The largest absolute Gasteiger partial charge is 0.283 e. The van der Waals surface area contributed by atoms with Crippen molar-refractivity contribution in [2.75, 3.05) is 0 Å². The Kier molecular flexibility index (Phi) is 7.12. The molecule has 0 aliphatic carbocycles. The molecular weight excluding hydrogens is 590 g/mol. The van der Waals surface area contributed by atoms with Gasteiger partial charge in [-0.2, -0.15) is 0 Å². The Morgan fingerprint density at radius 3 is 1.31 bits per heavy atom. The summed E-state index contributed by atoms with van der Waals surface area (Å²) < 4.78 is 54.5. The van der Waals surface area contributed by atoms with Crippen LogP contribution in [0.4, 0.5) is 0 Å². The van der Waals surface area contributed by atoms with Crippen LogP contribution >= 0.6 is 31.9 Å². The molecule has 9 nitrogen and oxygen atoms in total. The molecule has 3 aromatic rings. The van der Waals surface area contributed by atoms with Crippen molar-refractivity contribution >= 4 is 63.7 Å². The van der Waals surface area contributed by atoms with Crippen LogP contribution in [0.25, 0.3) is 0 Å². The lowest BCUT2D eigenvalue weighted by molar-refractivity contribution is 0.0973. The maximum atomic E-state index is 12.4. The van der Waals surface area contributed by atoms with Gasteiger partial charge in [0.25, 0.3) is 31.9 Å². The Balaban J connectivity index is 1.78. The van der Waals surface area contributed by atoms with Gasteiger partial charge in [0.15, 0.2) is 0 Å². The molecule has 0 unspecified atom stereocenters. The van der Waals surface area contributed by atoms with Crippen molar-refractivity contribution in [1.29, 1.82) is 0 Å². The van der Waals surface area contributed by atoms with E-state index in [9.17, 15) is 26.4 Å². The van der Waals surface area contributed by atoms with Crippen molar-refractivity contribution in [3.63, 3.8) is 0 Å². The summed E-state index contributed by atoms with van der Waals surface area (Å²) in [6.45, 7) is 0. The molecule has 2 aromatic carbocycles. The van der Waals surface area contributed by atoms with Gasteiger partial charge in [-0.15, -0.1) is 0 Å². The second kappa shape index (κ2) is 9.48. The predicted molar refractivity (Wildman–Crippen MR) is 122 cm³/mol. The normalized spacial score (nSPS) is 11.6. The first kappa shape index (κ1) is 24.0. The van der Waals surface area contributed by atoms with E-state index in [1.807, 2.05) is 9.44 Å². The molecule has 0 bridgehead atoms. The summed E-state index contributed by atoms with van der Waals surface area (Å²) in [5, 5.41) is 0. The van der Waals surface area contributed by atoms with Crippen LogP contribution < -0.4 is 9.44 Å². The predicted octanol–water partition coefficient (Wildman–Crippen LogP) is 2.84. The van der Waals surface area contributed by atoms with Crippen LogP contribution in [0, 0.1) is 0 Å². The van der Waals surface area contributed by atoms with Gasteiger partial charge in [0.2, 0.25) is 0 Å². The molecule has 1 heterocycles. The van der Waals surface area contributed by atoms with Gasteiger partial charge in [-0.25, -0.2) is 31.3 Å². The summed E-state index contributed by atoms with van der Waals surface area (Å²) in [5.41, 5.74) is -0.779. The zero-order chi connectivity index (χ0) is 23.5. The van der Waals surface area contributed by atoms with Gasteiger partial charge >= 0.3 is 0 Å². The number of benzene rings is 2. The standard InChI is InChI=1S/C19H13Br2N3O6S2/c20-12-4-8-14(9-5-12)31(27,28)23-18(25)16-2-1-3-17(22-16)19(26)24-32(29,30)15-10-6-13(21)7-11-15/h1-11H,(H,23,25)(H,24,26). The summed E-state index contributed by atoms with van der Waals surface area (Å²) in [6.07, 6.45) is 0. The van der Waals surface area contributed by atoms with Crippen LogP contribution in [0.3, 0.4) is 0 Å². The summed E-state index contributed by atoms with van der Waals surface area (Å²) >= 11 is 6.37. The van der Waals surface area contributed by atoms with Gasteiger partial charge in [-0.05, 0) is 60.7 Å². The highest BCUT2D eigenvalue weighted by atomic mass is 79.9. The third-order valence-electron chi connectivity index (χ3n) is 3.92. The first-order valence-electron chi connectivity index (χ1n) is 8.60. The monoisotopic (exact) mass is 601 g/mol. The van der Waals surface area contributed by atoms with E-state index in [0.717, 1.165) is 0 Å². The zero-order valence-electron chi connectivity index (χ0n) is 15.8. The van der Waals surface area contributed by atoms with E-state index < -0.39 is 31.9 Å². The number of nitrogens with one attached hydrogen (secondary N) is 2. The van der Waals surface area contributed by atoms with E-state index in [2.05, 4.69) is 36.8 Å². The SMILES string of the molecule is O=C(NS(=O)(=O)c1ccc(Br)cc1)c1cccc(C(=O)NS(=O)(=O)c2ccc(Br)cc2)n1. The Morgan fingerprint density at radius 1 is 0.625 bits per heavy atom. The van der Waals surface area contributed by atoms with Gasteiger partial charge in [-0.1, -0.05) is 37.9 Å². The van der Waals surface area contributed by atoms with Crippen molar-refractivity contribution in [2.45, 2.75) is 9.79 Å². The Morgan fingerprint density at radius 2 is 0.969 bits per heavy atom. The van der Waals surface area contributed by atoms with E-state index >= 15 is 0 Å². The van der Waals surface area contributed by atoms with E-state index in [1.165, 1.54) is 66.7 Å². The Hall–Kier alpha value is -2.61. The van der Waals surface area contributed by atoms with Crippen LogP contribution in [0.15, 0.2) is 85.5 Å². The molecule has 1 aromatic heterocycles. The van der Waals surface area contributed by atoms with Crippen LogP contribution in [0.2, 0.25) is 0 Å². The maximum Gasteiger partial charge on any atom is 0.283 e. The first-order valence-corrected chi connectivity index (χ1v) is 13.2. The number of carbonyl (C=O) groups is 2. The van der Waals surface area contributed by atoms with E-state index in [4.69, 9.17) is 0 Å². The topological polar surface area (TPSA) is 139 Å². The van der Waals surface area contributed by atoms with Crippen molar-refractivity contribution in [1.82, 2.24) is 14.4 Å².